The van der Waals surface area contributed by atoms with Crippen LogP contribution in [0.2, 0.25) is 5.15 Å². The highest BCUT2D eigenvalue weighted by Crippen LogP contribution is 2.23. The summed E-state index contributed by atoms with van der Waals surface area (Å²) in [5.74, 6) is -0.162. The third-order valence-electron chi connectivity index (χ3n) is 3.23. The molecular formula is C16H17ClN2O. The maximum atomic E-state index is 12.3. The van der Waals surface area contributed by atoms with Gasteiger partial charge in [-0.15, -0.1) is 0 Å². The number of hydrogen-bond donors (Lipinski definition) is 1. The Labute approximate surface area is 124 Å². The molecule has 1 N–H and O–H groups in total. The summed E-state index contributed by atoms with van der Waals surface area (Å²) in [5.41, 5.74) is 3.70. The Morgan fingerprint density at radius 1 is 1.20 bits per heavy atom. The average molecular weight is 289 g/mol. The van der Waals surface area contributed by atoms with Crippen molar-refractivity contribution in [3.05, 3.63) is 58.4 Å². The Hall–Kier alpha value is -1.87. The molecule has 3 nitrogen and oxygen atoms in total. The third kappa shape index (κ3) is 3.17. The van der Waals surface area contributed by atoms with E-state index >= 15 is 0 Å². The summed E-state index contributed by atoms with van der Waals surface area (Å²) in [7, 11) is 0. The fourth-order valence-electron chi connectivity index (χ4n) is 2.13. The Morgan fingerprint density at radius 2 is 1.85 bits per heavy atom. The number of para-hydroxylation sites is 1. The lowest BCUT2D eigenvalue weighted by Crippen LogP contribution is -2.15. The van der Waals surface area contributed by atoms with E-state index in [1.807, 2.05) is 18.2 Å². The van der Waals surface area contributed by atoms with E-state index in [2.05, 4.69) is 24.1 Å². The van der Waals surface area contributed by atoms with Gasteiger partial charge in [0, 0.05) is 17.4 Å². The third-order valence-corrected chi connectivity index (χ3v) is 3.43. The first-order chi connectivity index (χ1) is 9.65. The van der Waals surface area contributed by atoms with E-state index in [4.69, 9.17) is 11.6 Å². The van der Waals surface area contributed by atoms with Gasteiger partial charge in [0.15, 0.2) is 0 Å². The topological polar surface area (TPSA) is 42.0 Å². The number of anilines is 1. The fraction of sp³-hybridized carbons (Fsp3) is 0.250. The molecule has 1 aromatic carbocycles. The van der Waals surface area contributed by atoms with Gasteiger partial charge in [0.2, 0.25) is 0 Å². The molecule has 104 valence electrons. The maximum absolute atomic E-state index is 12.3. The van der Waals surface area contributed by atoms with Gasteiger partial charge in [-0.25, -0.2) is 4.98 Å². The molecule has 1 heterocycles. The summed E-state index contributed by atoms with van der Waals surface area (Å²) in [4.78, 5) is 16.2. The second kappa shape index (κ2) is 6.53. The molecule has 0 saturated carbocycles. The molecule has 0 aliphatic heterocycles. The lowest BCUT2D eigenvalue weighted by atomic mass is 10.0. The molecule has 20 heavy (non-hydrogen) atoms. The first-order valence-corrected chi connectivity index (χ1v) is 7.07. The molecule has 0 aliphatic carbocycles. The molecule has 2 rings (SSSR count). The van der Waals surface area contributed by atoms with Gasteiger partial charge >= 0.3 is 0 Å². The first kappa shape index (κ1) is 14.5. The van der Waals surface area contributed by atoms with Gasteiger partial charge in [0.1, 0.15) is 5.15 Å². The zero-order chi connectivity index (χ0) is 14.5. The number of benzene rings is 1. The van der Waals surface area contributed by atoms with E-state index in [1.165, 1.54) is 6.20 Å². The zero-order valence-corrected chi connectivity index (χ0v) is 12.4. The molecule has 1 amide bonds. The Bertz CT molecular complexity index is 603. The van der Waals surface area contributed by atoms with Crippen LogP contribution in [0.25, 0.3) is 0 Å². The van der Waals surface area contributed by atoms with Crippen LogP contribution in [0, 0.1) is 0 Å². The zero-order valence-electron chi connectivity index (χ0n) is 11.6. The van der Waals surface area contributed by atoms with Crippen LogP contribution in [-0.2, 0) is 12.8 Å². The molecular weight excluding hydrogens is 272 g/mol. The van der Waals surface area contributed by atoms with Gasteiger partial charge < -0.3 is 5.32 Å². The summed E-state index contributed by atoms with van der Waals surface area (Å²) in [5, 5.41) is 3.32. The van der Waals surface area contributed by atoms with Crippen molar-refractivity contribution >= 4 is 23.2 Å². The van der Waals surface area contributed by atoms with Crippen molar-refractivity contribution in [2.75, 3.05) is 5.32 Å². The molecule has 0 spiro atoms. The molecule has 1 aromatic heterocycles. The lowest BCUT2D eigenvalue weighted by molar-refractivity contribution is 0.102. The fourth-order valence-corrected chi connectivity index (χ4v) is 2.31. The number of carbonyl (C=O) groups excluding carboxylic acids is 1. The quantitative estimate of drug-likeness (QED) is 0.860. The van der Waals surface area contributed by atoms with Crippen molar-refractivity contribution in [2.45, 2.75) is 26.7 Å². The van der Waals surface area contributed by atoms with Gasteiger partial charge in [-0.3, -0.25) is 4.79 Å². The number of rotatable bonds is 4. The number of amides is 1. The van der Waals surface area contributed by atoms with Crippen LogP contribution >= 0.6 is 11.6 Å². The van der Waals surface area contributed by atoms with Crippen LogP contribution < -0.4 is 5.32 Å². The van der Waals surface area contributed by atoms with Gasteiger partial charge in [0.25, 0.3) is 5.91 Å². The number of nitrogens with one attached hydrogen (secondary N) is 1. The number of hydrogen-bond acceptors (Lipinski definition) is 2. The van der Waals surface area contributed by atoms with Crippen molar-refractivity contribution in [1.29, 1.82) is 0 Å². The normalized spacial score (nSPS) is 10.3. The second-order valence-electron chi connectivity index (χ2n) is 4.48. The standard InChI is InChI=1S/C16H17ClN2O/c1-3-11-6-5-7-12(4-2)15(11)19-16(20)13-8-9-18-14(17)10-13/h5-10H,3-4H2,1-2H3,(H,19,20). The van der Waals surface area contributed by atoms with Crippen molar-refractivity contribution in [1.82, 2.24) is 4.98 Å². The number of nitrogens with zero attached hydrogens (tertiary/aromatic N) is 1. The van der Waals surface area contributed by atoms with Crippen LogP contribution in [-0.4, -0.2) is 10.9 Å². The Morgan fingerprint density at radius 3 is 2.40 bits per heavy atom. The largest absolute Gasteiger partial charge is 0.321 e. The van der Waals surface area contributed by atoms with Crippen molar-refractivity contribution < 1.29 is 4.79 Å². The maximum Gasteiger partial charge on any atom is 0.255 e. The minimum absolute atomic E-state index is 0.162. The Kier molecular flexibility index (Phi) is 4.74. The molecule has 0 unspecified atom stereocenters. The number of aromatic nitrogens is 1. The van der Waals surface area contributed by atoms with Crippen molar-refractivity contribution in [3.8, 4) is 0 Å². The lowest BCUT2D eigenvalue weighted by Gasteiger charge is -2.14. The van der Waals surface area contributed by atoms with E-state index in [1.54, 1.807) is 12.1 Å². The molecule has 0 fully saturated rings. The van der Waals surface area contributed by atoms with Gasteiger partial charge in [-0.2, -0.15) is 0 Å². The minimum atomic E-state index is -0.162. The monoisotopic (exact) mass is 288 g/mol. The molecule has 0 atom stereocenters. The van der Waals surface area contributed by atoms with Gasteiger partial charge in [0.05, 0.1) is 0 Å². The molecule has 0 aliphatic rings. The van der Waals surface area contributed by atoms with E-state index in [9.17, 15) is 4.79 Å². The first-order valence-electron chi connectivity index (χ1n) is 6.69. The molecule has 4 heteroatoms. The summed E-state index contributed by atoms with van der Waals surface area (Å²) in [6.45, 7) is 4.15. The summed E-state index contributed by atoms with van der Waals surface area (Å²) in [6.07, 6.45) is 3.28. The molecule has 2 aromatic rings. The number of aryl methyl sites for hydroxylation is 2. The van der Waals surface area contributed by atoms with Crippen LogP contribution in [0.3, 0.4) is 0 Å². The predicted octanol–water partition coefficient (Wildman–Crippen LogP) is 4.11. The molecule has 0 bridgehead atoms. The summed E-state index contributed by atoms with van der Waals surface area (Å²) < 4.78 is 0. The number of halogens is 1. The van der Waals surface area contributed by atoms with Crippen molar-refractivity contribution in [2.24, 2.45) is 0 Å². The van der Waals surface area contributed by atoms with Crippen molar-refractivity contribution in [3.63, 3.8) is 0 Å². The van der Waals surface area contributed by atoms with Crippen LogP contribution in [0.1, 0.15) is 35.3 Å². The average Bonchev–Trinajstić information content (AvgIpc) is 2.47. The minimum Gasteiger partial charge on any atom is -0.321 e. The predicted molar refractivity (Wildman–Crippen MR) is 82.4 cm³/mol. The summed E-state index contributed by atoms with van der Waals surface area (Å²) >= 11 is 5.82. The highest BCUT2D eigenvalue weighted by molar-refractivity contribution is 6.29. The van der Waals surface area contributed by atoms with E-state index < -0.39 is 0 Å². The van der Waals surface area contributed by atoms with Crippen LogP contribution in [0.5, 0.6) is 0 Å². The molecule has 0 radical (unpaired) electrons. The summed E-state index contributed by atoms with van der Waals surface area (Å²) in [6, 6.07) is 9.32. The van der Waals surface area contributed by atoms with E-state index in [-0.39, 0.29) is 5.91 Å². The highest BCUT2D eigenvalue weighted by Gasteiger charge is 2.12. The highest BCUT2D eigenvalue weighted by atomic mass is 35.5. The SMILES string of the molecule is CCc1cccc(CC)c1NC(=O)c1ccnc(Cl)c1. The number of pyridine rings is 1. The smallest absolute Gasteiger partial charge is 0.255 e. The van der Waals surface area contributed by atoms with Gasteiger partial charge in [-0.1, -0.05) is 43.6 Å². The van der Waals surface area contributed by atoms with Gasteiger partial charge in [-0.05, 0) is 36.1 Å². The molecule has 0 saturated heterocycles. The number of carbonyl (C=O) groups is 1. The van der Waals surface area contributed by atoms with Crippen LogP contribution in [0.15, 0.2) is 36.5 Å². The van der Waals surface area contributed by atoms with E-state index in [0.29, 0.717) is 10.7 Å². The Balaban J connectivity index is 2.32. The van der Waals surface area contributed by atoms with E-state index in [0.717, 1.165) is 29.7 Å². The second-order valence-corrected chi connectivity index (χ2v) is 4.87. The van der Waals surface area contributed by atoms with Crippen LogP contribution in [0.4, 0.5) is 5.69 Å².